The Hall–Kier alpha value is -1.06. The van der Waals surface area contributed by atoms with Gasteiger partial charge in [0.1, 0.15) is 0 Å². The minimum atomic E-state index is 0.0972. The quantitative estimate of drug-likeness (QED) is 0.891. The maximum atomic E-state index is 11.4. The van der Waals surface area contributed by atoms with Crippen LogP contribution in [0.15, 0.2) is 24.3 Å². The van der Waals surface area contributed by atoms with E-state index in [2.05, 4.69) is 0 Å². The Bertz CT molecular complexity index is 418. The molecule has 1 aliphatic rings. The molecule has 1 fully saturated rings. The van der Waals surface area contributed by atoms with Gasteiger partial charge in [-0.25, -0.2) is 0 Å². The van der Waals surface area contributed by atoms with Crippen LogP contribution >= 0.6 is 11.6 Å². The van der Waals surface area contributed by atoms with Crippen LogP contribution in [-0.4, -0.2) is 29.9 Å². The van der Waals surface area contributed by atoms with Crippen molar-refractivity contribution in [2.75, 3.05) is 13.1 Å². The molecular weight excluding hydrogens is 248 g/mol. The predicted molar refractivity (Wildman–Crippen MR) is 73.5 cm³/mol. The monoisotopic (exact) mass is 266 g/mol. The van der Waals surface area contributed by atoms with E-state index in [1.807, 2.05) is 29.2 Å². The molecule has 0 saturated carbocycles. The molecule has 1 saturated heterocycles. The van der Waals surface area contributed by atoms with E-state index in [0.717, 1.165) is 24.4 Å². The van der Waals surface area contributed by atoms with Gasteiger partial charge in [-0.05, 0) is 36.5 Å². The third kappa shape index (κ3) is 3.47. The van der Waals surface area contributed by atoms with E-state index in [-0.39, 0.29) is 11.9 Å². The van der Waals surface area contributed by atoms with Crippen molar-refractivity contribution in [2.45, 2.75) is 25.8 Å². The van der Waals surface area contributed by atoms with Crippen molar-refractivity contribution >= 4 is 17.5 Å². The molecule has 0 spiro atoms. The van der Waals surface area contributed by atoms with Crippen LogP contribution in [0, 0.1) is 5.92 Å². The Balaban J connectivity index is 2.00. The predicted octanol–water partition coefficient (Wildman–Crippen LogP) is 2.08. The van der Waals surface area contributed by atoms with Gasteiger partial charge in [0.25, 0.3) is 0 Å². The van der Waals surface area contributed by atoms with E-state index in [1.54, 1.807) is 6.92 Å². The molecule has 2 rings (SSSR count). The van der Waals surface area contributed by atoms with Crippen molar-refractivity contribution in [3.8, 4) is 0 Å². The van der Waals surface area contributed by atoms with Gasteiger partial charge in [-0.15, -0.1) is 0 Å². The van der Waals surface area contributed by atoms with E-state index in [0.29, 0.717) is 12.5 Å². The summed E-state index contributed by atoms with van der Waals surface area (Å²) in [6, 6.07) is 7.99. The molecule has 1 aromatic carbocycles. The van der Waals surface area contributed by atoms with Gasteiger partial charge in [0.05, 0.1) is 0 Å². The lowest BCUT2D eigenvalue weighted by Crippen LogP contribution is -2.49. The number of hydrogen-bond acceptors (Lipinski definition) is 2. The van der Waals surface area contributed by atoms with E-state index in [1.165, 1.54) is 5.56 Å². The highest BCUT2D eigenvalue weighted by Crippen LogP contribution is 2.21. The second-order valence-electron chi connectivity index (χ2n) is 5.12. The fraction of sp³-hybridized carbons (Fsp3) is 0.500. The molecule has 0 aromatic heterocycles. The molecular formula is C14H19ClN2O. The fourth-order valence-corrected chi connectivity index (χ4v) is 2.73. The highest BCUT2D eigenvalue weighted by atomic mass is 35.5. The van der Waals surface area contributed by atoms with E-state index < -0.39 is 0 Å². The summed E-state index contributed by atoms with van der Waals surface area (Å²) in [4.78, 5) is 13.3. The number of carbonyl (C=O) groups is 1. The lowest BCUT2D eigenvalue weighted by molar-refractivity contribution is -0.130. The summed E-state index contributed by atoms with van der Waals surface area (Å²) in [7, 11) is 0. The SMILES string of the molecule is CC(=O)N1CC(N)CC(Cc2ccc(Cl)cc2)C1. The van der Waals surface area contributed by atoms with Crippen LogP contribution in [0.4, 0.5) is 0 Å². The molecule has 0 bridgehead atoms. The minimum absolute atomic E-state index is 0.0972. The Morgan fingerprint density at radius 3 is 2.67 bits per heavy atom. The van der Waals surface area contributed by atoms with Crippen molar-refractivity contribution in [3.63, 3.8) is 0 Å². The minimum Gasteiger partial charge on any atom is -0.341 e. The van der Waals surface area contributed by atoms with Crippen LogP contribution in [-0.2, 0) is 11.2 Å². The van der Waals surface area contributed by atoms with Gasteiger partial charge in [0, 0.05) is 31.1 Å². The van der Waals surface area contributed by atoms with Crippen LogP contribution in [0.3, 0.4) is 0 Å². The van der Waals surface area contributed by atoms with Crippen LogP contribution < -0.4 is 5.73 Å². The molecule has 1 aliphatic heterocycles. The fourth-order valence-electron chi connectivity index (χ4n) is 2.61. The second-order valence-corrected chi connectivity index (χ2v) is 5.55. The first-order chi connectivity index (χ1) is 8.54. The number of amides is 1. The highest BCUT2D eigenvalue weighted by Gasteiger charge is 2.26. The topological polar surface area (TPSA) is 46.3 Å². The van der Waals surface area contributed by atoms with Gasteiger partial charge in [-0.2, -0.15) is 0 Å². The van der Waals surface area contributed by atoms with E-state index in [4.69, 9.17) is 17.3 Å². The first-order valence-corrected chi connectivity index (χ1v) is 6.68. The summed E-state index contributed by atoms with van der Waals surface area (Å²) < 4.78 is 0. The van der Waals surface area contributed by atoms with Gasteiger partial charge in [-0.3, -0.25) is 4.79 Å². The van der Waals surface area contributed by atoms with Crippen LogP contribution in [0.25, 0.3) is 0 Å². The van der Waals surface area contributed by atoms with Crippen molar-refractivity contribution < 1.29 is 4.79 Å². The first kappa shape index (κ1) is 13.4. The number of hydrogen-bond donors (Lipinski definition) is 1. The molecule has 2 unspecified atom stereocenters. The molecule has 2 atom stereocenters. The maximum Gasteiger partial charge on any atom is 0.219 e. The Morgan fingerprint density at radius 1 is 1.39 bits per heavy atom. The number of benzene rings is 1. The number of carbonyl (C=O) groups excluding carboxylic acids is 1. The van der Waals surface area contributed by atoms with Crippen molar-refractivity contribution in [3.05, 3.63) is 34.9 Å². The summed E-state index contributed by atoms with van der Waals surface area (Å²) in [5.74, 6) is 0.560. The third-order valence-electron chi connectivity index (χ3n) is 3.45. The number of nitrogens with zero attached hydrogens (tertiary/aromatic N) is 1. The zero-order valence-electron chi connectivity index (χ0n) is 10.6. The second kappa shape index (κ2) is 5.72. The molecule has 18 heavy (non-hydrogen) atoms. The van der Waals surface area contributed by atoms with Crippen molar-refractivity contribution in [1.29, 1.82) is 0 Å². The molecule has 3 nitrogen and oxygen atoms in total. The van der Waals surface area contributed by atoms with Crippen LogP contribution in [0.2, 0.25) is 5.02 Å². The zero-order valence-corrected chi connectivity index (χ0v) is 11.4. The first-order valence-electron chi connectivity index (χ1n) is 6.30. The number of rotatable bonds is 2. The molecule has 0 radical (unpaired) electrons. The number of halogens is 1. The third-order valence-corrected chi connectivity index (χ3v) is 3.70. The average Bonchev–Trinajstić information content (AvgIpc) is 2.31. The Labute approximate surface area is 113 Å². The summed E-state index contributed by atoms with van der Waals surface area (Å²) in [6.45, 7) is 3.11. The summed E-state index contributed by atoms with van der Waals surface area (Å²) >= 11 is 5.87. The number of piperidine rings is 1. The number of likely N-dealkylation sites (tertiary alicyclic amines) is 1. The van der Waals surface area contributed by atoms with Gasteiger partial charge >= 0.3 is 0 Å². The standard InChI is InChI=1S/C14H19ClN2O/c1-10(18)17-8-12(7-14(16)9-17)6-11-2-4-13(15)5-3-11/h2-5,12,14H,6-9,16H2,1H3. The van der Waals surface area contributed by atoms with Gasteiger partial charge < -0.3 is 10.6 Å². The number of nitrogens with two attached hydrogens (primary N) is 1. The highest BCUT2D eigenvalue weighted by molar-refractivity contribution is 6.30. The van der Waals surface area contributed by atoms with Gasteiger partial charge in [0.15, 0.2) is 0 Å². The molecule has 98 valence electrons. The molecule has 1 heterocycles. The lowest BCUT2D eigenvalue weighted by Gasteiger charge is -2.35. The van der Waals surface area contributed by atoms with Crippen molar-refractivity contribution in [1.82, 2.24) is 4.90 Å². The molecule has 0 aliphatic carbocycles. The maximum absolute atomic E-state index is 11.4. The lowest BCUT2D eigenvalue weighted by atomic mass is 9.89. The van der Waals surface area contributed by atoms with E-state index >= 15 is 0 Å². The molecule has 2 N–H and O–H groups in total. The van der Waals surface area contributed by atoms with Crippen molar-refractivity contribution in [2.24, 2.45) is 11.7 Å². The normalized spacial score (nSPS) is 24.1. The molecule has 1 amide bonds. The van der Waals surface area contributed by atoms with E-state index in [9.17, 15) is 4.79 Å². The van der Waals surface area contributed by atoms with Gasteiger partial charge in [-0.1, -0.05) is 23.7 Å². The van der Waals surface area contributed by atoms with Crippen LogP contribution in [0.5, 0.6) is 0 Å². The molecule has 1 aromatic rings. The Kier molecular flexibility index (Phi) is 4.25. The smallest absolute Gasteiger partial charge is 0.219 e. The largest absolute Gasteiger partial charge is 0.341 e. The summed E-state index contributed by atoms with van der Waals surface area (Å²) in [6.07, 6.45) is 1.93. The summed E-state index contributed by atoms with van der Waals surface area (Å²) in [5.41, 5.74) is 7.27. The Morgan fingerprint density at radius 2 is 2.06 bits per heavy atom. The van der Waals surface area contributed by atoms with Gasteiger partial charge in [0.2, 0.25) is 5.91 Å². The van der Waals surface area contributed by atoms with Crippen LogP contribution in [0.1, 0.15) is 18.9 Å². The molecule has 4 heteroatoms. The summed E-state index contributed by atoms with van der Waals surface area (Å²) in [5, 5.41) is 0.754. The zero-order chi connectivity index (χ0) is 13.1. The average molecular weight is 267 g/mol.